The van der Waals surface area contributed by atoms with Crippen molar-refractivity contribution < 1.29 is 23.9 Å². The summed E-state index contributed by atoms with van der Waals surface area (Å²) in [5.74, 6) is -3.27. The lowest BCUT2D eigenvalue weighted by atomic mass is 10.0. The molecule has 1 atom stereocenters. The molecule has 2 rings (SSSR count). The van der Waals surface area contributed by atoms with E-state index < -0.39 is 29.6 Å². The van der Waals surface area contributed by atoms with E-state index in [0.717, 1.165) is 0 Å². The van der Waals surface area contributed by atoms with Crippen molar-refractivity contribution in [1.29, 1.82) is 0 Å². The van der Waals surface area contributed by atoms with Crippen LogP contribution in [0.15, 0.2) is 60.3 Å². The monoisotopic (exact) mass is 384 g/mol. The highest BCUT2D eigenvalue weighted by Crippen LogP contribution is 2.10. The molecule has 2 aromatic carbocycles. The molecule has 146 valence electrons. The molecule has 0 aromatic heterocycles. The zero-order chi connectivity index (χ0) is 20.7. The van der Waals surface area contributed by atoms with Crippen LogP contribution in [0.25, 0.3) is 6.08 Å². The summed E-state index contributed by atoms with van der Waals surface area (Å²) in [7, 11) is 0. The van der Waals surface area contributed by atoms with E-state index in [1.807, 2.05) is 0 Å². The average molecular weight is 384 g/mol. The predicted octanol–water partition coefficient (Wildman–Crippen LogP) is 2.82. The van der Waals surface area contributed by atoms with E-state index in [9.17, 15) is 23.9 Å². The highest BCUT2D eigenvalue weighted by molar-refractivity contribution is 6.06. The fourth-order valence-electron chi connectivity index (χ4n) is 2.40. The first kappa shape index (κ1) is 20.8. The third kappa shape index (κ3) is 5.77. The molecular weight excluding hydrogens is 363 g/mol. The maximum Gasteiger partial charge on any atom is 0.326 e. The van der Waals surface area contributed by atoms with E-state index in [-0.39, 0.29) is 11.6 Å². The highest BCUT2D eigenvalue weighted by Gasteiger charge is 2.25. The van der Waals surface area contributed by atoms with Crippen LogP contribution in [0.2, 0.25) is 0 Å². The molecule has 28 heavy (non-hydrogen) atoms. The van der Waals surface area contributed by atoms with E-state index >= 15 is 0 Å². The molecule has 3 N–H and O–H groups in total. The van der Waals surface area contributed by atoms with Gasteiger partial charge in [0.2, 0.25) is 0 Å². The van der Waals surface area contributed by atoms with Crippen molar-refractivity contribution in [3.8, 4) is 0 Å². The lowest BCUT2D eigenvalue weighted by Crippen LogP contribution is -2.47. The van der Waals surface area contributed by atoms with E-state index in [4.69, 9.17) is 0 Å². The van der Waals surface area contributed by atoms with Crippen molar-refractivity contribution in [1.82, 2.24) is 10.6 Å². The molecule has 0 heterocycles. The van der Waals surface area contributed by atoms with Gasteiger partial charge in [0.15, 0.2) is 0 Å². The third-order valence-electron chi connectivity index (χ3n) is 3.93. The lowest BCUT2D eigenvalue weighted by molar-refractivity contribution is -0.142. The molecule has 0 spiro atoms. The molecule has 0 fully saturated rings. The quantitative estimate of drug-likeness (QED) is 0.640. The Morgan fingerprint density at radius 3 is 2.14 bits per heavy atom. The fourth-order valence-corrected chi connectivity index (χ4v) is 2.40. The number of halogens is 1. The van der Waals surface area contributed by atoms with Gasteiger partial charge < -0.3 is 15.7 Å². The highest BCUT2D eigenvalue weighted by atomic mass is 19.1. The van der Waals surface area contributed by atoms with Crippen molar-refractivity contribution in [2.75, 3.05) is 0 Å². The number of rotatable bonds is 7. The molecule has 0 aliphatic rings. The maximum absolute atomic E-state index is 13.1. The minimum Gasteiger partial charge on any atom is -0.480 e. The second kappa shape index (κ2) is 9.45. The zero-order valence-electron chi connectivity index (χ0n) is 15.5. The Morgan fingerprint density at radius 2 is 1.61 bits per heavy atom. The second-order valence-corrected chi connectivity index (χ2v) is 6.46. The van der Waals surface area contributed by atoms with Gasteiger partial charge in [-0.3, -0.25) is 9.59 Å². The summed E-state index contributed by atoms with van der Waals surface area (Å²) in [4.78, 5) is 36.5. The number of carboxylic acids is 1. The first-order valence-electron chi connectivity index (χ1n) is 8.65. The minimum atomic E-state index is -1.18. The van der Waals surface area contributed by atoms with Crippen LogP contribution in [-0.2, 0) is 9.59 Å². The lowest BCUT2D eigenvalue weighted by Gasteiger charge is -2.19. The average Bonchev–Trinajstić information content (AvgIpc) is 2.67. The summed E-state index contributed by atoms with van der Waals surface area (Å²) in [6.07, 6.45) is 1.36. The Balaban J connectivity index is 2.32. The summed E-state index contributed by atoms with van der Waals surface area (Å²) in [6.45, 7) is 3.32. The number of carbonyl (C=O) groups is 3. The smallest absolute Gasteiger partial charge is 0.326 e. The van der Waals surface area contributed by atoms with Crippen LogP contribution in [0.3, 0.4) is 0 Å². The topological polar surface area (TPSA) is 95.5 Å². The van der Waals surface area contributed by atoms with Gasteiger partial charge in [0.1, 0.15) is 17.6 Å². The summed E-state index contributed by atoms with van der Waals surface area (Å²) in [5.41, 5.74) is 0.655. The molecule has 0 saturated heterocycles. The van der Waals surface area contributed by atoms with Gasteiger partial charge in [-0.1, -0.05) is 44.2 Å². The molecule has 1 unspecified atom stereocenters. The standard InChI is InChI=1S/C21H21FN2O4/c1-13(2)18(21(27)28)24-20(26)17(12-14-8-10-16(22)11-9-14)23-19(25)15-6-4-3-5-7-15/h3-13,18H,1-2H3,(H,23,25)(H,24,26)(H,27,28)/b17-12-. The van der Waals surface area contributed by atoms with Crippen molar-refractivity contribution in [2.24, 2.45) is 5.92 Å². The third-order valence-corrected chi connectivity index (χ3v) is 3.93. The Bertz CT molecular complexity index is 877. The molecule has 0 aliphatic heterocycles. The summed E-state index contributed by atoms with van der Waals surface area (Å²) in [5, 5.41) is 14.2. The molecule has 2 amide bonds. The summed E-state index contributed by atoms with van der Waals surface area (Å²) >= 11 is 0. The summed E-state index contributed by atoms with van der Waals surface area (Å²) < 4.78 is 13.1. The molecule has 6 nitrogen and oxygen atoms in total. The van der Waals surface area contributed by atoms with Crippen molar-refractivity contribution in [3.63, 3.8) is 0 Å². The Morgan fingerprint density at radius 1 is 1.00 bits per heavy atom. The first-order valence-corrected chi connectivity index (χ1v) is 8.65. The number of hydrogen-bond acceptors (Lipinski definition) is 3. The van der Waals surface area contributed by atoms with Gasteiger partial charge >= 0.3 is 5.97 Å². The van der Waals surface area contributed by atoms with E-state index in [0.29, 0.717) is 11.1 Å². The molecule has 0 aliphatic carbocycles. The number of carboxylic acid groups (broad SMARTS) is 1. The number of benzene rings is 2. The Kier molecular flexibility index (Phi) is 7.03. The minimum absolute atomic E-state index is 0.146. The molecule has 0 saturated carbocycles. The molecule has 0 radical (unpaired) electrons. The normalized spacial score (nSPS) is 12.4. The van der Waals surface area contributed by atoms with Gasteiger partial charge in [0.05, 0.1) is 0 Å². The van der Waals surface area contributed by atoms with Crippen LogP contribution < -0.4 is 10.6 Å². The van der Waals surface area contributed by atoms with Crippen LogP contribution >= 0.6 is 0 Å². The van der Waals surface area contributed by atoms with Crippen molar-refractivity contribution >= 4 is 23.9 Å². The predicted molar refractivity (Wildman–Crippen MR) is 103 cm³/mol. The first-order chi connectivity index (χ1) is 13.3. The van der Waals surface area contributed by atoms with Crippen LogP contribution in [0.4, 0.5) is 4.39 Å². The number of amides is 2. The molecule has 0 bridgehead atoms. The van der Waals surface area contributed by atoms with Gasteiger partial charge in [0, 0.05) is 5.56 Å². The molecule has 2 aromatic rings. The van der Waals surface area contributed by atoms with Crippen LogP contribution in [0.5, 0.6) is 0 Å². The SMILES string of the molecule is CC(C)C(NC(=O)/C(=C/c1ccc(F)cc1)NC(=O)c1ccccc1)C(=O)O. The van der Waals surface area contributed by atoms with Gasteiger partial charge in [0.25, 0.3) is 11.8 Å². The zero-order valence-corrected chi connectivity index (χ0v) is 15.5. The molecular formula is C21H21FN2O4. The number of aliphatic carboxylic acids is 1. The van der Waals surface area contributed by atoms with E-state index in [1.54, 1.807) is 44.2 Å². The largest absolute Gasteiger partial charge is 0.480 e. The van der Waals surface area contributed by atoms with Crippen LogP contribution in [0, 0.1) is 11.7 Å². The number of hydrogen-bond donors (Lipinski definition) is 3. The van der Waals surface area contributed by atoms with Crippen molar-refractivity contribution in [3.05, 3.63) is 77.2 Å². The van der Waals surface area contributed by atoms with Gasteiger partial charge in [-0.25, -0.2) is 9.18 Å². The van der Waals surface area contributed by atoms with Gasteiger partial charge in [-0.15, -0.1) is 0 Å². The fraction of sp³-hybridized carbons (Fsp3) is 0.190. The van der Waals surface area contributed by atoms with Gasteiger partial charge in [-0.2, -0.15) is 0 Å². The Hall–Kier alpha value is -3.48. The number of nitrogens with one attached hydrogen (secondary N) is 2. The summed E-state index contributed by atoms with van der Waals surface area (Å²) in [6, 6.07) is 12.5. The van der Waals surface area contributed by atoms with Crippen LogP contribution in [-0.4, -0.2) is 28.9 Å². The van der Waals surface area contributed by atoms with E-state index in [2.05, 4.69) is 10.6 Å². The van der Waals surface area contributed by atoms with Crippen LogP contribution in [0.1, 0.15) is 29.8 Å². The second-order valence-electron chi connectivity index (χ2n) is 6.46. The maximum atomic E-state index is 13.1. The van der Waals surface area contributed by atoms with E-state index in [1.165, 1.54) is 30.3 Å². The number of carbonyl (C=O) groups excluding carboxylic acids is 2. The Labute approximate surface area is 162 Å². The molecule has 7 heteroatoms. The van der Waals surface area contributed by atoms with Gasteiger partial charge in [-0.05, 0) is 41.8 Å². The van der Waals surface area contributed by atoms with Crippen molar-refractivity contribution in [2.45, 2.75) is 19.9 Å².